The van der Waals surface area contributed by atoms with E-state index in [-0.39, 0.29) is 36.6 Å². The highest BCUT2D eigenvalue weighted by molar-refractivity contribution is 5.82. The number of hydrogen-bond donors (Lipinski definition) is 2. The quantitative estimate of drug-likeness (QED) is 0.787. The molecule has 1 fully saturated rings. The van der Waals surface area contributed by atoms with Crippen LogP contribution in [0.4, 0.5) is 13.2 Å². The van der Waals surface area contributed by atoms with Crippen LogP contribution in [0.1, 0.15) is 23.7 Å². The standard InChI is InChI=1S/C18H18F3NO4/c19-18(20,21)11-3-1-4-13(7-11)26-10-12(23)9-22-17(24)15-8-14(15)16-5-2-6-25-16/h1-7,12,14-15,23H,8-10H2,(H,22,24)/t12-,14+,15-/m0/s1. The first-order valence-corrected chi connectivity index (χ1v) is 8.14. The number of hydrogen-bond acceptors (Lipinski definition) is 4. The Bertz CT molecular complexity index is 745. The first-order valence-electron chi connectivity index (χ1n) is 8.14. The Kier molecular flexibility index (Phi) is 5.22. The number of carbonyl (C=O) groups excluding carboxylic acids is 1. The predicted molar refractivity (Wildman–Crippen MR) is 85.5 cm³/mol. The first-order chi connectivity index (χ1) is 12.3. The maximum atomic E-state index is 12.6. The summed E-state index contributed by atoms with van der Waals surface area (Å²) in [4.78, 5) is 12.0. The van der Waals surface area contributed by atoms with Gasteiger partial charge in [-0.3, -0.25) is 4.79 Å². The van der Waals surface area contributed by atoms with E-state index in [1.807, 2.05) is 6.07 Å². The molecule has 26 heavy (non-hydrogen) atoms. The summed E-state index contributed by atoms with van der Waals surface area (Å²) in [5.41, 5.74) is -0.824. The van der Waals surface area contributed by atoms with Crippen LogP contribution in [-0.4, -0.2) is 30.3 Å². The van der Waals surface area contributed by atoms with E-state index < -0.39 is 17.8 Å². The van der Waals surface area contributed by atoms with Gasteiger partial charge in [-0.2, -0.15) is 13.2 Å². The van der Waals surface area contributed by atoms with E-state index in [9.17, 15) is 23.1 Å². The van der Waals surface area contributed by atoms with E-state index in [0.717, 1.165) is 17.9 Å². The van der Waals surface area contributed by atoms with Gasteiger partial charge in [-0.25, -0.2) is 0 Å². The number of furan rings is 1. The van der Waals surface area contributed by atoms with Gasteiger partial charge in [0, 0.05) is 18.4 Å². The Balaban J connectivity index is 1.41. The lowest BCUT2D eigenvalue weighted by molar-refractivity contribution is -0.137. The molecule has 1 aliphatic rings. The molecule has 5 nitrogen and oxygen atoms in total. The van der Waals surface area contributed by atoms with Crippen LogP contribution in [0.15, 0.2) is 47.1 Å². The lowest BCUT2D eigenvalue weighted by Crippen LogP contribution is -2.36. The number of rotatable bonds is 7. The van der Waals surface area contributed by atoms with Gasteiger partial charge in [0.1, 0.15) is 24.2 Å². The number of carbonyl (C=O) groups is 1. The van der Waals surface area contributed by atoms with Crippen LogP contribution in [-0.2, 0) is 11.0 Å². The number of ether oxygens (including phenoxy) is 1. The second-order valence-electron chi connectivity index (χ2n) is 6.20. The van der Waals surface area contributed by atoms with Crippen molar-refractivity contribution in [2.24, 2.45) is 5.92 Å². The molecular weight excluding hydrogens is 351 g/mol. The fourth-order valence-corrected chi connectivity index (χ4v) is 2.66. The van der Waals surface area contributed by atoms with Gasteiger partial charge >= 0.3 is 6.18 Å². The molecule has 1 aromatic carbocycles. The summed E-state index contributed by atoms with van der Waals surface area (Å²) in [5.74, 6) is 0.453. The molecule has 0 radical (unpaired) electrons. The van der Waals surface area contributed by atoms with Gasteiger partial charge in [-0.1, -0.05) is 6.07 Å². The number of benzene rings is 1. The van der Waals surface area contributed by atoms with Gasteiger partial charge in [0.05, 0.1) is 11.8 Å². The molecule has 3 atom stereocenters. The highest BCUT2D eigenvalue weighted by Gasteiger charge is 2.45. The fraction of sp³-hybridized carbons (Fsp3) is 0.389. The summed E-state index contributed by atoms with van der Waals surface area (Å²) in [6.07, 6.45) is -3.25. The molecule has 8 heteroatoms. The number of halogens is 3. The van der Waals surface area contributed by atoms with Crippen LogP contribution >= 0.6 is 0 Å². The third-order valence-corrected chi connectivity index (χ3v) is 4.15. The lowest BCUT2D eigenvalue weighted by Gasteiger charge is -2.14. The summed E-state index contributed by atoms with van der Waals surface area (Å²) in [6.45, 7) is -0.271. The van der Waals surface area contributed by atoms with E-state index in [4.69, 9.17) is 9.15 Å². The second-order valence-corrected chi connectivity index (χ2v) is 6.20. The molecule has 0 spiro atoms. The molecule has 1 heterocycles. The van der Waals surface area contributed by atoms with Crippen molar-refractivity contribution in [3.63, 3.8) is 0 Å². The van der Waals surface area contributed by atoms with Gasteiger partial charge < -0.3 is 19.6 Å². The van der Waals surface area contributed by atoms with E-state index in [0.29, 0.717) is 6.42 Å². The number of amides is 1. The zero-order chi connectivity index (χ0) is 18.7. The van der Waals surface area contributed by atoms with Gasteiger partial charge in [-0.05, 0) is 36.8 Å². The summed E-state index contributed by atoms with van der Waals surface area (Å²) in [5, 5.41) is 12.5. The largest absolute Gasteiger partial charge is 0.491 e. The van der Waals surface area contributed by atoms with Crippen molar-refractivity contribution in [1.82, 2.24) is 5.32 Å². The van der Waals surface area contributed by atoms with Crippen molar-refractivity contribution in [2.75, 3.05) is 13.2 Å². The first kappa shape index (κ1) is 18.3. The van der Waals surface area contributed by atoms with Gasteiger partial charge in [0.2, 0.25) is 5.91 Å². The third-order valence-electron chi connectivity index (χ3n) is 4.15. The van der Waals surface area contributed by atoms with Crippen LogP contribution in [0.3, 0.4) is 0 Å². The third kappa shape index (κ3) is 4.57. The van der Waals surface area contributed by atoms with E-state index in [1.54, 1.807) is 12.3 Å². The maximum absolute atomic E-state index is 12.6. The van der Waals surface area contributed by atoms with Crippen LogP contribution in [0.25, 0.3) is 0 Å². The predicted octanol–water partition coefficient (Wildman–Crippen LogP) is 2.96. The van der Waals surface area contributed by atoms with Crippen molar-refractivity contribution in [1.29, 1.82) is 0 Å². The van der Waals surface area contributed by atoms with Gasteiger partial charge in [-0.15, -0.1) is 0 Å². The summed E-state index contributed by atoms with van der Waals surface area (Å²) < 4.78 is 48.3. The molecule has 3 rings (SSSR count). The van der Waals surface area contributed by atoms with Crippen LogP contribution < -0.4 is 10.1 Å². The topological polar surface area (TPSA) is 71.7 Å². The Morgan fingerprint density at radius 3 is 2.85 bits per heavy atom. The monoisotopic (exact) mass is 369 g/mol. The molecule has 140 valence electrons. The van der Waals surface area contributed by atoms with Crippen LogP contribution in [0.2, 0.25) is 0 Å². The summed E-state index contributed by atoms with van der Waals surface area (Å²) in [7, 11) is 0. The average Bonchev–Trinajstić information content (AvgIpc) is 3.22. The zero-order valence-electron chi connectivity index (χ0n) is 13.7. The number of alkyl halides is 3. The average molecular weight is 369 g/mol. The minimum Gasteiger partial charge on any atom is -0.491 e. The van der Waals surface area contributed by atoms with Crippen molar-refractivity contribution in [2.45, 2.75) is 24.6 Å². The molecule has 2 aromatic rings. The molecule has 1 aromatic heterocycles. The lowest BCUT2D eigenvalue weighted by atomic mass is 10.2. The summed E-state index contributed by atoms with van der Waals surface area (Å²) in [6, 6.07) is 7.98. The van der Waals surface area contributed by atoms with E-state index >= 15 is 0 Å². The molecule has 1 amide bonds. The molecule has 0 unspecified atom stereocenters. The second kappa shape index (κ2) is 7.41. The maximum Gasteiger partial charge on any atom is 0.416 e. The summed E-state index contributed by atoms with van der Waals surface area (Å²) >= 11 is 0. The zero-order valence-corrected chi connectivity index (χ0v) is 13.7. The van der Waals surface area contributed by atoms with E-state index in [2.05, 4.69) is 5.32 Å². The molecule has 1 aliphatic carbocycles. The Labute approximate surface area is 147 Å². The SMILES string of the molecule is O=C(NC[C@H](O)COc1cccc(C(F)(F)F)c1)[C@H]1C[C@H]1c1ccco1. The van der Waals surface area contributed by atoms with Crippen LogP contribution in [0, 0.1) is 5.92 Å². The highest BCUT2D eigenvalue weighted by atomic mass is 19.4. The van der Waals surface area contributed by atoms with Gasteiger partial charge in [0.25, 0.3) is 0 Å². The normalized spacial score (nSPS) is 20.5. The van der Waals surface area contributed by atoms with Crippen molar-refractivity contribution in [3.8, 4) is 5.75 Å². The highest BCUT2D eigenvalue weighted by Crippen LogP contribution is 2.47. The molecule has 2 N–H and O–H groups in total. The Hall–Kier alpha value is -2.48. The molecular formula is C18H18F3NO4. The Morgan fingerprint density at radius 2 is 2.15 bits per heavy atom. The minimum absolute atomic E-state index is 0.00489. The van der Waals surface area contributed by atoms with Crippen LogP contribution in [0.5, 0.6) is 5.75 Å². The number of nitrogens with one attached hydrogen (secondary N) is 1. The fourth-order valence-electron chi connectivity index (χ4n) is 2.66. The molecule has 0 saturated heterocycles. The molecule has 0 aliphatic heterocycles. The van der Waals surface area contributed by atoms with Gasteiger partial charge in [0.15, 0.2) is 0 Å². The van der Waals surface area contributed by atoms with Crippen molar-refractivity contribution < 1.29 is 32.2 Å². The number of aliphatic hydroxyl groups is 1. The number of aliphatic hydroxyl groups excluding tert-OH is 1. The Morgan fingerprint density at radius 1 is 1.35 bits per heavy atom. The molecule has 0 bridgehead atoms. The van der Waals surface area contributed by atoms with E-state index in [1.165, 1.54) is 12.1 Å². The smallest absolute Gasteiger partial charge is 0.416 e. The van der Waals surface area contributed by atoms with Crippen molar-refractivity contribution >= 4 is 5.91 Å². The minimum atomic E-state index is -4.46. The van der Waals surface area contributed by atoms with Crippen molar-refractivity contribution in [3.05, 3.63) is 54.0 Å². The molecule has 1 saturated carbocycles.